The highest BCUT2D eigenvalue weighted by Crippen LogP contribution is 2.46. The number of alkyl halides is 3. The molecule has 0 aliphatic heterocycles. The van der Waals surface area contributed by atoms with Gasteiger partial charge < -0.3 is 18.0 Å². The molecule has 12 rings (SSSR count). The molecule has 5 heterocycles. The summed E-state index contributed by atoms with van der Waals surface area (Å²) in [6, 6.07) is 45.9. The minimum atomic E-state index is -4.58. The molecule has 0 radical (unpaired) electrons. The van der Waals surface area contributed by atoms with Gasteiger partial charge in [0.2, 0.25) is 0 Å². The first-order valence-electron chi connectivity index (χ1n) is 18.3. The van der Waals surface area contributed by atoms with Crippen molar-refractivity contribution in [1.29, 1.82) is 0 Å². The van der Waals surface area contributed by atoms with E-state index in [1.54, 1.807) is 18.5 Å². The number of fused-ring (bicyclic) bond motifs is 14. The molecule has 8 heteroatoms. The summed E-state index contributed by atoms with van der Waals surface area (Å²) >= 11 is 0. The molecule has 0 aliphatic carbocycles. The summed E-state index contributed by atoms with van der Waals surface area (Å²) in [5.41, 5.74) is 8.01. The molecule has 0 fully saturated rings. The van der Waals surface area contributed by atoms with Crippen LogP contribution in [-0.2, 0) is 6.18 Å². The van der Waals surface area contributed by atoms with E-state index in [4.69, 9.17) is 8.83 Å². The molecule has 0 saturated carbocycles. The van der Waals surface area contributed by atoms with Crippen molar-refractivity contribution in [2.24, 2.45) is 0 Å². The van der Waals surface area contributed by atoms with Gasteiger partial charge in [-0.1, -0.05) is 78.9 Å². The van der Waals surface area contributed by atoms with Crippen LogP contribution < -0.4 is 0 Å². The quantitative estimate of drug-likeness (QED) is 0.182. The number of pyridine rings is 1. The molecule has 5 nitrogen and oxygen atoms in total. The molecule has 266 valence electrons. The van der Waals surface area contributed by atoms with Crippen LogP contribution in [0.1, 0.15) is 5.56 Å². The van der Waals surface area contributed by atoms with Crippen LogP contribution >= 0.6 is 0 Å². The van der Waals surface area contributed by atoms with E-state index in [9.17, 15) is 13.2 Å². The lowest BCUT2D eigenvalue weighted by Gasteiger charge is -2.19. The van der Waals surface area contributed by atoms with Gasteiger partial charge in [-0.05, 0) is 66.7 Å². The SMILES string of the molecule is FC(F)(F)c1ccc(-c2ccncc2-n2c3ccccc3c3c4oc5ccccc5c4ccc32)c(-n2c3ccccc3c3c4oc5ccccc5c4ccc32)c1. The zero-order valence-corrected chi connectivity index (χ0v) is 29.3. The molecule has 0 bridgehead atoms. The maximum Gasteiger partial charge on any atom is 0.416 e. The van der Waals surface area contributed by atoms with Crippen molar-refractivity contribution < 1.29 is 22.0 Å². The van der Waals surface area contributed by atoms with Crippen molar-refractivity contribution in [3.8, 4) is 22.5 Å². The van der Waals surface area contributed by atoms with Crippen molar-refractivity contribution in [3.05, 3.63) is 164 Å². The molecule has 0 unspecified atom stereocenters. The van der Waals surface area contributed by atoms with Crippen molar-refractivity contribution in [2.75, 3.05) is 0 Å². The Balaban J connectivity index is 1.19. The molecule has 12 aromatic rings. The molecule has 0 saturated heterocycles. The van der Waals surface area contributed by atoms with Gasteiger partial charge in [0, 0.05) is 49.6 Å². The molecule has 0 N–H and O–H groups in total. The van der Waals surface area contributed by atoms with Crippen LogP contribution in [0.15, 0.2) is 167 Å². The van der Waals surface area contributed by atoms with Gasteiger partial charge in [-0.2, -0.15) is 13.2 Å². The highest BCUT2D eigenvalue weighted by Gasteiger charge is 2.32. The fourth-order valence-corrected chi connectivity index (χ4v) is 8.90. The van der Waals surface area contributed by atoms with Crippen LogP contribution in [-0.4, -0.2) is 14.1 Å². The number of nitrogens with zero attached hydrogens (tertiary/aromatic N) is 3. The number of halogens is 3. The third-order valence-electron chi connectivity index (χ3n) is 11.3. The van der Waals surface area contributed by atoms with Gasteiger partial charge in [-0.15, -0.1) is 0 Å². The molecule has 0 atom stereocenters. The van der Waals surface area contributed by atoms with E-state index in [0.717, 1.165) is 93.7 Å². The maximum atomic E-state index is 14.7. The second-order valence-corrected chi connectivity index (χ2v) is 14.2. The van der Waals surface area contributed by atoms with E-state index in [-0.39, 0.29) is 0 Å². The van der Waals surface area contributed by atoms with Crippen LogP contribution in [0.3, 0.4) is 0 Å². The van der Waals surface area contributed by atoms with Gasteiger partial charge >= 0.3 is 6.18 Å². The lowest BCUT2D eigenvalue weighted by atomic mass is 9.99. The third kappa shape index (κ3) is 4.18. The summed E-state index contributed by atoms with van der Waals surface area (Å²) in [6.45, 7) is 0. The molecule has 56 heavy (non-hydrogen) atoms. The minimum Gasteiger partial charge on any atom is -0.455 e. The number of benzene rings is 7. The van der Waals surface area contributed by atoms with Gasteiger partial charge in [-0.3, -0.25) is 4.98 Å². The zero-order chi connectivity index (χ0) is 37.3. The van der Waals surface area contributed by atoms with Crippen molar-refractivity contribution in [1.82, 2.24) is 14.1 Å². The van der Waals surface area contributed by atoms with Crippen LogP contribution in [0.25, 0.3) is 110 Å². The summed E-state index contributed by atoms with van der Waals surface area (Å²) in [5.74, 6) is 0. The largest absolute Gasteiger partial charge is 0.455 e. The van der Waals surface area contributed by atoms with Gasteiger partial charge in [0.15, 0.2) is 0 Å². The first-order valence-corrected chi connectivity index (χ1v) is 18.3. The van der Waals surface area contributed by atoms with Crippen molar-refractivity contribution in [3.63, 3.8) is 0 Å². The average molecular weight is 734 g/mol. The number of rotatable bonds is 3. The summed E-state index contributed by atoms with van der Waals surface area (Å²) in [6.07, 6.45) is -1.10. The van der Waals surface area contributed by atoms with Crippen LogP contribution in [0.5, 0.6) is 0 Å². The lowest BCUT2D eigenvalue weighted by molar-refractivity contribution is -0.137. The summed E-state index contributed by atoms with van der Waals surface area (Å²) < 4.78 is 61.2. The Morgan fingerprint density at radius 3 is 1.52 bits per heavy atom. The minimum absolute atomic E-state index is 0.384. The van der Waals surface area contributed by atoms with Crippen LogP contribution in [0.4, 0.5) is 13.2 Å². The smallest absolute Gasteiger partial charge is 0.416 e. The van der Waals surface area contributed by atoms with Crippen molar-refractivity contribution in [2.45, 2.75) is 6.18 Å². The van der Waals surface area contributed by atoms with Crippen LogP contribution in [0, 0.1) is 0 Å². The Bertz CT molecular complexity index is 3600. The molecule has 5 aromatic heterocycles. The predicted molar refractivity (Wildman–Crippen MR) is 218 cm³/mol. The number of para-hydroxylation sites is 4. The fourth-order valence-electron chi connectivity index (χ4n) is 8.90. The average Bonchev–Trinajstić information content (AvgIpc) is 3.97. The highest BCUT2D eigenvalue weighted by atomic mass is 19.4. The molecule has 0 amide bonds. The van der Waals surface area contributed by atoms with Crippen LogP contribution in [0.2, 0.25) is 0 Å². The van der Waals surface area contributed by atoms with Gasteiger partial charge in [0.05, 0.1) is 56.0 Å². The standard InChI is InChI=1S/C48H26F3N3O2/c49-48(50,51)27-17-18-28(40(25-27)53-36-13-5-1-11-34(36)44-38(53)21-19-32-30-9-3-7-15-42(30)55-46(32)44)29-23-24-52-26-41(29)54-37-14-6-2-12-35(37)45-39(54)22-20-33-31-10-4-8-16-43(31)56-47(33)45/h1-26H. The molecule has 0 aliphatic rings. The van der Waals surface area contributed by atoms with Crippen molar-refractivity contribution >= 4 is 87.5 Å². The van der Waals surface area contributed by atoms with E-state index in [1.807, 2.05) is 102 Å². The molecular formula is C48H26F3N3O2. The zero-order valence-electron chi connectivity index (χ0n) is 29.3. The van der Waals surface area contributed by atoms with Gasteiger partial charge in [-0.25, -0.2) is 0 Å². The Morgan fingerprint density at radius 2 is 0.946 bits per heavy atom. The van der Waals surface area contributed by atoms with Gasteiger partial charge in [0.1, 0.15) is 22.3 Å². The first kappa shape index (κ1) is 31.1. The fraction of sp³-hybridized carbons (Fsp3) is 0.0208. The van der Waals surface area contributed by atoms with E-state index >= 15 is 0 Å². The summed E-state index contributed by atoms with van der Waals surface area (Å²) in [5, 5.41) is 7.63. The number of furan rings is 2. The van der Waals surface area contributed by atoms with E-state index in [1.165, 1.54) is 6.07 Å². The normalized spacial score (nSPS) is 12.6. The first-order chi connectivity index (χ1) is 27.4. The Kier molecular flexibility index (Phi) is 6.17. The van der Waals surface area contributed by atoms with E-state index in [0.29, 0.717) is 22.4 Å². The Morgan fingerprint density at radius 1 is 0.446 bits per heavy atom. The molecular weight excluding hydrogens is 708 g/mol. The maximum absolute atomic E-state index is 14.7. The topological polar surface area (TPSA) is 49.0 Å². The number of aromatic nitrogens is 3. The Labute approximate surface area is 315 Å². The van der Waals surface area contributed by atoms with E-state index < -0.39 is 11.7 Å². The third-order valence-corrected chi connectivity index (χ3v) is 11.3. The number of hydrogen-bond acceptors (Lipinski definition) is 3. The molecule has 0 spiro atoms. The van der Waals surface area contributed by atoms with E-state index in [2.05, 4.69) is 39.9 Å². The predicted octanol–water partition coefficient (Wildman–Crippen LogP) is 13.8. The highest BCUT2D eigenvalue weighted by molar-refractivity contribution is 6.25. The number of hydrogen-bond donors (Lipinski definition) is 0. The summed E-state index contributed by atoms with van der Waals surface area (Å²) in [7, 11) is 0. The monoisotopic (exact) mass is 733 g/mol. The molecule has 7 aromatic carbocycles. The summed E-state index contributed by atoms with van der Waals surface area (Å²) in [4.78, 5) is 4.60. The second kappa shape index (κ2) is 11.1. The lowest BCUT2D eigenvalue weighted by Crippen LogP contribution is -2.08. The second-order valence-electron chi connectivity index (χ2n) is 14.2. The van der Waals surface area contributed by atoms with Gasteiger partial charge in [0.25, 0.3) is 0 Å². The Hall–Kier alpha value is -7.32.